The molecule has 3 aliphatic heterocycles. The molecule has 216 valence electrons. The van der Waals surface area contributed by atoms with E-state index in [1.165, 1.54) is 11.3 Å². The van der Waals surface area contributed by atoms with E-state index in [0.717, 1.165) is 107 Å². The number of carbonyl (C=O) groups excluding carboxylic acids is 1. The molecule has 1 amide bonds. The molecule has 4 heterocycles. The number of rotatable bonds is 7. The monoisotopic (exact) mass is 554 g/mol. The third-order valence-electron chi connectivity index (χ3n) is 8.65. The zero-order valence-corrected chi connectivity index (χ0v) is 24.4. The van der Waals surface area contributed by atoms with Crippen LogP contribution in [0.3, 0.4) is 0 Å². The number of nitrogens with zero attached hydrogens (tertiary/aromatic N) is 7. The van der Waals surface area contributed by atoms with Gasteiger partial charge in [0, 0.05) is 95.2 Å². The Labute approximate surface area is 243 Å². The van der Waals surface area contributed by atoms with E-state index in [-0.39, 0.29) is 12.5 Å². The van der Waals surface area contributed by atoms with Gasteiger partial charge in [0.05, 0.1) is 12.2 Å². The zero-order valence-electron chi connectivity index (χ0n) is 24.4. The summed E-state index contributed by atoms with van der Waals surface area (Å²) in [5, 5.41) is 3.45. The second kappa shape index (κ2) is 12.5. The number of piperazine rings is 2. The van der Waals surface area contributed by atoms with Gasteiger partial charge in [0.15, 0.2) is 5.82 Å². The second-order valence-electron chi connectivity index (χ2n) is 11.6. The highest BCUT2D eigenvalue weighted by Crippen LogP contribution is 2.29. The van der Waals surface area contributed by atoms with Gasteiger partial charge in [-0.3, -0.25) is 9.69 Å². The normalized spacial score (nSPS) is 18.8. The molecule has 2 saturated heterocycles. The molecule has 0 radical (unpaired) electrons. The number of anilines is 2. The van der Waals surface area contributed by atoms with Crippen molar-refractivity contribution in [1.82, 2.24) is 29.6 Å². The molecule has 0 bridgehead atoms. The predicted molar refractivity (Wildman–Crippen MR) is 164 cm³/mol. The van der Waals surface area contributed by atoms with Gasteiger partial charge in [0.1, 0.15) is 5.82 Å². The minimum atomic E-state index is 0.125. The highest BCUT2D eigenvalue weighted by atomic mass is 16.2. The van der Waals surface area contributed by atoms with Crippen molar-refractivity contribution in [1.29, 1.82) is 0 Å². The first kappa shape index (κ1) is 27.6. The molecule has 3 aliphatic rings. The number of hydrogen-bond acceptors (Lipinski definition) is 8. The summed E-state index contributed by atoms with van der Waals surface area (Å²) in [6.07, 6.45) is 0.859. The molecule has 9 nitrogen and oxygen atoms in total. The number of likely N-dealkylation sites (N-methyl/N-ethyl adjacent to an activating group) is 2. The van der Waals surface area contributed by atoms with Crippen LogP contribution < -0.4 is 10.2 Å². The van der Waals surface area contributed by atoms with Gasteiger partial charge in [0.25, 0.3) is 0 Å². The van der Waals surface area contributed by atoms with Gasteiger partial charge < -0.3 is 24.9 Å². The van der Waals surface area contributed by atoms with Crippen LogP contribution in [0.4, 0.5) is 11.5 Å². The maximum Gasteiger partial charge on any atom is 0.242 e. The molecule has 0 unspecified atom stereocenters. The predicted octanol–water partition coefficient (Wildman–Crippen LogP) is 2.64. The fourth-order valence-electron chi connectivity index (χ4n) is 5.93. The summed E-state index contributed by atoms with van der Waals surface area (Å²) in [6, 6.07) is 19.2. The lowest BCUT2D eigenvalue weighted by atomic mass is 10.0. The van der Waals surface area contributed by atoms with E-state index < -0.39 is 0 Å². The number of hydrogen-bond donors (Lipinski definition) is 1. The fraction of sp³-hybridized carbons (Fsp3) is 0.469. The lowest BCUT2D eigenvalue weighted by Crippen LogP contribution is -2.48. The van der Waals surface area contributed by atoms with Gasteiger partial charge in [-0.1, -0.05) is 30.3 Å². The summed E-state index contributed by atoms with van der Waals surface area (Å²) in [4.78, 5) is 34.7. The van der Waals surface area contributed by atoms with Crippen LogP contribution in [0.1, 0.15) is 16.8 Å². The van der Waals surface area contributed by atoms with E-state index in [4.69, 9.17) is 9.97 Å². The molecule has 0 saturated carbocycles. The van der Waals surface area contributed by atoms with Crippen molar-refractivity contribution < 1.29 is 4.79 Å². The smallest absolute Gasteiger partial charge is 0.242 e. The van der Waals surface area contributed by atoms with Crippen LogP contribution >= 0.6 is 0 Å². The Hall–Kier alpha value is -3.53. The molecule has 0 aliphatic carbocycles. The molecule has 1 N–H and O–H groups in total. The zero-order chi connectivity index (χ0) is 28.2. The number of fused-ring (bicyclic) bond motifs is 1. The molecule has 3 aromatic rings. The maximum atomic E-state index is 13.1. The van der Waals surface area contributed by atoms with E-state index >= 15 is 0 Å². The van der Waals surface area contributed by atoms with Crippen LogP contribution in [0, 0.1) is 0 Å². The molecular formula is C32H42N8O. The SMILES string of the molecule is CN1CCN(C(=O)CNc2nc(-c3ccc(N4CCN(C)CC4)cc3)nc3c2CN(Cc2ccccc2)CC3)CC1. The quantitative estimate of drug-likeness (QED) is 0.478. The molecule has 0 spiro atoms. The summed E-state index contributed by atoms with van der Waals surface area (Å²) in [7, 11) is 4.28. The topological polar surface area (TPSA) is 71.1 Å². The Kier molecular flexibility index (Phi) is 8.46. The fourth-order valence-corrected chi connectivity index (χ4v) is 5.93. The van der Waals surface area contributed by atoms with Crippen molar-refractivity contribution >= 4 is 17.4 Å². The van der Waals surface area contributed by atoms with Gasteiger partial charge in [-0.15, -0.1) is 0 Å². The Morgan fingerprint density at radius 3 is 2.20 bits per heavy atom. The average Bonchev–Trinajstić information content (AvgIpc) is 3.01. The van der Waals surface area contributed by atoms with Crippen molar-refractivity contribution in [3.8, 4) is 11.4 Å². The largest absolute Gasteiger partial charge is 0.369 e. The van der Waals surface area contributed by atoms with E-state index in [0.29, 0.717) is 0 Å². The van der Waals surface area contributed by atoms with E-state index in [9.17, 15) is 4.79 Å². The summed E-state index contributed by atoms with van der Waals surface area (Å²) >= 11 is 0. The highest BCUT2D eigenvalue weighted by molar-refractivity contribution is 5.81. The molecule has 1 aromatic heterocycles. The summed E-state index contributed by atoms with van der Waals surface area (Å²) in [5.74, 6) is 1.63. The van der Waals surface area contributed by atoms with Gasteiger partial charge in [-0.25, -0.2) is 9.97 Å². The number of carbonyl (C=O) groups is 1. The van der Waals surface area contributed by atoms with Crippen LogP contribution in [-0.4, -0.2) is 115 Å². The first-order valence-electron chi connectivity index (χ1n) is 14.9. The Morgan fingerprint density at radius 1 is 0.805 bits per heavy atom. The molecule has 9 heteroatoms. The maximum absolute atomic E-state index is 13.1. The molecule has 2 aromatic carbocycles. The van der Waals surface area contributed by atoms with Crippen LogP contribution in [-0.2, 0) is 24.3 Å². The van der Waals surface area contributed by atoms with Crippen molar-refractivity contribution in [2.75, 3.05) is 89.8 Å². The summed E-state index contributed by atoms with van der Waals surface area (Å²) < 4.78 is 0. The Balaban J connectivity index is 1.22. The third-order valence-corrected chi connectivity index (χ3v) is 8.65. The Morgan fingerprint density at radius 2 is 1.49 bits per heavy atom. The Bertz CT molecular complexity index is 1320. The van der Waals surface area contributed by atoms with Crippen molar-refractivity contribution in [3.63, 3.8) is 0 Å². The minimum absolute atomic E-state index is 0.125. The average molecular weight is 555 g/mol. The third kappa shape index (κ3) is 6.69. The van der Waals surface area contributed by atoms with Crippen LogP contribution in [0.25, 0.3) is 11.4 Å². The van der Waals surface area contributed by atoms with E-state index in [1.807, 2.05) is 4.90 Å². The molecular weight excluding hydrogens is 512 g/mol. The van der Waals surface area contributed by atoms with Crippen LogP contribution in [0.15, 0.2) is 54.6 Å². The lowest BCUT2D eigenvalue weighted by molar-refractivity contribution is -0.130. The molecule has 2 fully saturated rings. The molecule has 41 heavy (non-hydrogen) atoms. The number of nitrogens with one attached hydrogen (secondary N) is 1. The number of benzene rings is 2. The summed E-state index contributed by atoms with van der Waals surface area (Å²) in [5.41, 5.74) is 5.74. The van der Waals surface area contributed by atoms with Crippen LogP contribution in [0.5, 0.6) is 0 Å². The number of amides is 1. The number of aromatic nitrogens is 2. The first-order valence-corrected chi connectivity index (χ1v) is 14.9. The lowest BCUT2D eigenvalue weighted by Gasteiger charge is -2.34. The first-order chi connectivity index (χ1) is 20.0. The van der Waals surface area contributed by atoms with Crippen LogP contribution in [0.2, 0.25) is 0 Å². The van der Waals surface area contributed by atoms with E-state index in [2.05, 4.69) is 93.6 Å². The minimum Gasteiger partial charge on any atom is -0.369 e. The molecule has 0 atom stereocenters. The standard InChI is InChI=1S/C32H42N8O/c1-36-14-18-39(19-15-36)27-10-8-26(9-11-27)31-34-29-12-13-38(23-25-6-4-3-5-7-25)24-28(29)32(35-31)33-22-30(41)40-20-16-37(2)17-21-40/h3-11H,12-24H2,1-2H3,(H,33,34,35). The van der Waals surface area contributed by atoms with Crippen molar-refractivity contribution in [2.24, 2.45) is 0 Å². The van der Waals surface area contributed by atoms with Gasteiger partial charge in [-0.2, -0.15) is 0 Å². The van der Waals surface area contributed by atoms with Crippen molar-refractivity contribution in [2.45, 2.75) is 19.5 Å². The van der Waals surface area contributed by atoms with Crippen molar-refractivity contribution in [3.05, 3.63) is 71.4 Å². The molecule has 6 rings (SSSR count). The van der Waals surface area contributed by atoms with Gasteiger partial charge >= 0.3 is 0 Å². The summed E-state index contributed by atoms with van der Waals surface area (Å²) in [6.45, 7) is 10.5. The van der Waals surface area contributed by atoms with E-state index in [1.54, 1.807) is 0 Å². The van der Waals surface area contributed by atoms with Gasteiger partial charge in [0.2, 0.25) is 5.91 Å². The second-order valence-corrected chi connectivity index (χ2v) is 11.6. The highest BCUT2D eigenvalue weighted by Gasteiger charge is 2.25. The van der Waals surface area contributed by atoms with Gasteiger partial charge in [-0.05, 0) is 43.9 Å².